The van der Waals surface area contributed by atoms with E-state index in [9.17, 15) is 4.79 Å². The molecule has 0 aliphatic carbocycles. The van der Waals surface area contributed by atoms with Crippen molar-refractivity contribution >= 4 is 28.2 Å². The van der Waals surface area contributed by atoms with Gasteiger partial charge in [0, 0.05) is 17.0 Å². The first-order chi connectivity index (χ1) is 10.1. The van der Waals surface area contributed by atoms with Gasteiger partial charge < -0.3 is 0 Å². The minimum Gasteiger partial charge on any atom is -0.294 e. The van der Waals surface area contributed by atoms with Crippen molar-refractivity contribution in [1.82, 2.24) is 0 Å². The van der Waals surface area contributed by atoms with Crippen LogP contribution in [-0.2, 0) is 6.42 Å². The maximum absolute atomic E-state index is 12.5. The Kier molecular flexibility index (Phi) is 3.76. The molecular weight excluding hydrogens is 280 g/mol. The van der Waals surface area contributed by atoms with Gasteiger partial charge in [-0.2, -0.15) is 0 Å². The Bertz CT molecular complexity index is 815. The fourth-order valence-electron chi connectivity index (χ4n) is 2.65. The van der Waals surface area contributed by atoms with Crippen molar-refractivity contribution < 1.29 is 4.79 Å². The van der Waals surface area contributed by atoms with Crippen LogP contribution in [-0.4, -0.2) is 5.78 Å². The van der Waals surface area contributed by atoms with Crippen LogP contribution in [0, 0.1) is 6.92 Å². The zero-order valence-electron chi connectivity index (χ0n) is 11.8. The Morgan fingerprint density at radius 1 is 1.00 bits per heavy atom. The highest BCUT2D eigenvalue weighted by atomic mass is 35.5. The number of aryl methyl sites for hydroxylation is 1. The summed E-state index contributed by atoms with van der Waals surface area (Å²) in [6.45, 7) is 1.92. The maximum atomic E-state index is 12.5. The highest BCUT2D eigenvalue weighted by molar-refractivity contribution is 6.30. The fourth-order valence-corrected chi connectivity index (χ4v) is 2.88. The van der Waals surface area contributed by atoms with Crippen LogP contribution in [0.1, 0.15) is 21.5 Å². The van der Waals surface area contributed by atoms with E-state index in [1.54, 1.807) is 6.07 Å². The SMILES string of the molecule is Cc1cc(Cl)ccc1C(=O)Cc1cccc2ccccc12. The Labute approximate surface area is 129 Å². The molecule has 0 saturated carbocycles. The van der Waals surface area contributed by atoms with E-state index in [-0.39, 0.29) is 5.78 Å². The lowest BCUT2D eigenvalue weighted by molar-refractivity contribution is 0.0993. The second kappa shape index (κ2) is 5.71. The summed E-state index contributed by atoms with van der Waals surface area (Å²) in [5, 5.41) is 2.96. The van der Waals surface area contributed by atoms with Crippen LogP contribution >= 0.6 is 11.6 Å². The maximum Gasteiger partial charge on any atom is 0.167 e. The van der Waals surface area contributed by atoms with E-state index in [2.05, 4.69) is 18.2 Å². The molecule has 0 unspecified atom stereocenters. The Hall–Kier alpha value is -2.12. The van der Waals surface area contributed by atoms with Crippen LogP contribution in [0.15, 0.2) is 60.7 Å². The van der Waals surface area contributed by atoms with Crippen molar-refractivity contribution in [3.05, 3.63) is 82.4 Å². The topological polar surface area (TPSA) is 17.1 Å². The third kappa shape index (κ3) is 2.84. The molecule has 0 aliphatic rings. The van der Waals surface area contributed by atoms with Gasteiger partial charge in [0.15, 0.2) is 5.78 Å². The minimum absolute atomic E-state index is 0.125. The van der Waals surface area contributed by atoms with Gasteiger partial charge in [-0.25, -0.2) is 0 Å². The molecule has 0 saturated heterocycles. The average Bonchev–Trinajstić information content (AvgIpc) is 2.47. The van der Waals surface area contributed by atoms with Gasteiger partial charge in [-0.3, -0.25) is 4.79 Å². The minimum atomic E-state index is 0.125. The first-order valence-electron chi connectivity index (χ1n) is 6.91. The summed E-state index contributed by atoms with van der Waals surface area (Å²) in [5.41, 5.74) is 2.73. The molecule has 0 bridgehead atoms. The van der Waals surface area contributed by atoms with E-state index < -0.39 is 0 Å². The molecule has 0 aromatic heterocycles. The van der Waals surface area contributed by atoms with Crippen molar-refractivity contribution in [3.63, 3.8) is 0 Å². The average molecular weight is 295 g/mol. The van der Waals surface area contributed by atoms with Gasteiger partial charge in [0.2, 0.25) is 0 Å². The summed E-state index contributed by atoms with van der Waals surface area (Å²) in [4.78, 5) is 12.5. The lowest BCUT2D eigenvalue weighted by Crippen LogP contribution is -2.06. The van der Waals surface area contributed by atoms with E-state index >= 15 is 0 Å². The number of Topliss-reactive ketones (excluding diaryl/α,β-unsaturated/α-hetero) is 1. The van der Waals surface area contributed by atoms with Crippen LogP contribution in [0.3, 0.4) is 0 Å². The molecule has 3 aromatic carbocycles. The highest BCUT2D eigenvalue weighted by Gasteiger charge is 2.11. The van der Waals surface area contributed by atoms with Crippen LogP contribution in [0.2, 0.25) is 5.02 Å². The van der Waals surface area contributed by atoms with E-state index in [1.807, 2.05) is 43.3 Å². The Morgan fingerprint density at radius 3 is 2.57 bits per heavy atom. The van der Waals surface area contributed by atoms with Crippen molar-refractivity contribution in [3.8, 4) is 0 Å². The second-order valence-corrected chi connectivity index (χ2v) is 5.63. The van der Waals surface area contributed by atoms with E-state index in [0.717, 1.165) is 27.5 Å². The van der Waals surface area contributed by atoms with Crippen molar-refractivity contribution in [2.45, 2.75) is 13.3 Å². The van der Waals surface area contributed by atoms with Gasteiger partial charge in [-0.15, -0.1) is 0 Å². The number of hydrogen-bond donors (Lipinski definition) is 0. The molecule has 3 rings (SSSR count). The molecule has 0 N–H and O–H groups in total. The molecule has 0 radical (unpaired) electrons. The lowest BCUT2D eigenvalue weighted by atomic mass is 9.96. The number of ketones is 1. The molecule has 0 aliphatic heterocycles. The predicted octanol–water partition coefficient (Wildman–Crippen LogP) is 5.23. The largest absolute Gasteiger partial charge is 0.294 e. The predicted molar refractivity (Wildman–Crippen MR) is 88.2 cm³/mol. The molecule has 2 heteroatoms. The summed E-state index contributed by atoms with van der Waals surface area (Å²) >= 11 is 5.95. The Balaban J connectivity index is 1.97. The molecule has 0 amide bonds. The quantitative estimate of drug-likeness (QED) is 0.605. The van der Waals surface area contributed by atoms with E-state index in [1.165, 1.54) is 0 Å². The Morgan fingerprint density at radius 2 is 1.76 bits per heavy atom. The summed E-state index contributed by atoms with van der Waals surface area (Å²) in [6.07, 6.45) is 0.407. The van der Waals surface area contributed by atoms with Crippen LogP contribution < -0.4 is 0 Å². The van der Waals surface area contributed by atoms with Crippen LogP contribution in [0.25, 0.3) is 10.8 Å². The summed E-state index contributed by atoms with van der Waals surface area (Å²) in [6, 6.07) is 19.6. The van der Waals surface area contributed by atoms with Crippen LogP contribution in [0.4, 0.5) is 0 Å². The second-order valence-electron chi connectivity index (χ2n) is 5.20. The highest BCUT2D eigenvalue weighted by Crippen LogP contribution is 2.22. The zero-order valence-corrected chi connectivity index (χ0v) is 12.5. The molecule has 3 aromatic rings. The van der Waals surface area contributed by atoms with Crippen molar-refractivity contribution in [2.24, 2.45) is 0 Å². The van der Waals surface area contributed by atoms with Gasteiger partial charge >= 0.3 is 0 Å². The summed E-state index contributed by atoms with van der Waals surface area (Å²) in [7, 11) is 0. The van der Waals surface area contributed by atoms with Gasteiger partial charge in [0.1, 0.15) is 0 Å². The molecule has 1 nitrogen and oxygen atoms in total. The molecule has 0 fully saturated rings. The molecular formula is C19H15ClO. The molecule has 21 heavy (non-hydrogen) atoms. The molecule has 0 atom stereocenters. The molecule has 104 valence electrons. The van der Waals surface area contributed by atoms with Gasteiger partial charge in [-0.05, 0) is 47.0 Å². The van der Waals surface area contributed by atoms with Crippen LogP contribution in [0.5, 0.6) is 0 Å². The zero-order chi connectivity index (χ0) is 14.8. The monoisotopic (exact) mass is 294 g/mol. The standard InChI is InChI=1S/C19H15ClO/c1-13-11-16(20)9-10-17(13)19(21)12-15-7-4-6-14-5-2-3-8-18(14)15/h2-11H,12H2,1H3. The van der Waals surface area contributed by atoms with Gasteiger partial charge in [0.05, 0.1) is 0 Å². The number of hydrogen-bond acceptors (Lipinski definition) is 1. The van der Waals surface area contributed by atoms with E-state index in [4.69, 9.17) is 11.6 Å². The van der Waals surface area contributed by atoms with Crippen molar-refractivity contribution in [1.29, 1.82) is 0 Å². The number of carbonyl (C=O) groups is 1. The first kappa shape index (κ1) is 13.8. The number of benzene rings is 3. The summed E-state index contributed by atoms with van der Waals surface area (Å²) < 4.78 is 0. The summed E-state index contributed by atoms with van der Waals surface area (Å²) in [5.74, 6) is 0.125. The fraction of sp³-hybridized carbons (Fsp3) is 0.105. The normalized spacial score (nSPS) is 10.8. The molecule has 0 heterocycles. The van der Waals surface area contributed by atoms with Gasteiger partial charge in [0.25, 0.3) is 0 Å². The molecule has 0 spiro atoms. The third-order valence-corrected chi connectivity index (χ3v) is 3.95. The number of rotatable bonds is 3. The lowest BCUT2D eigenvalue weighted by Gasteiger charge is -2.08. The number of carbonyl (C=O) groups excluding carboxylic acids is 1. The number of fused-ring (bicyclic) bond motifs is 1. The number of halogens is 1. The third-order valence-electron chi connectivity index (χ3n) is 3.72. The van der Waals surface area contributed by atoms with Crippen molar-refractivity contribution in [2.75, 3.05) is 0 Å². The van der Waals surface area contributed by atoms with Gasteiger partial charge in [-0.1, -0.05) is 54.1 Å². The first-order valence-corrected chi connectivity index (χ1v) is 7.29. The van der Waals surface area contributed by atoms with E-state index in [0.29, 0.717) is 11.4 Å². The smallest absolute Gasteiger partial charge is 0.167 e.